The lowest BCUT2D eigenvalue weighted by atomic mass is 9.64. The summed E-state index contributed by atoms with van der Waals surface area (Å²) in [7, 11) is 0. The number of amides is 1. The highest BCUT2D eigenvalue weighted by molar-refractivity contribution is 6.48. The number of fused-ring (bicyclic) bond motifs is 2. The minimum absolute atomic E-state index is 0.404. The van der Waals surface area contributed by atoms with Gasteiger partial charge in [0.15, 0.2) is 0 Å². The van der Waals surface area contributed by atoms with Crippen LogP contribution >= 0.6 is 0 Å². The van der Waals surface area contributed by atoms with Crippen LogP contribution in [-0.2, 0) is 14.4 Å². The minimum atomic E-state index is -1.26. The Bertz CT molecular complexity index is 668. The molecule has 0 radical (unpaired) electrons. The van der Waals surface area contributed by atoms with Gasteiger partial charge in [-0.3, -0.25) is 25.2 Å². The Morgan fingerprint density at radius 3 is 2.18 bits per heavy atom. The van der Waals surface area contributed by atoms with Crippen molar-refractivity contribution >= 4 is 23.2 Å². The third-order valence-corrected chi connectivity index (χ3v) is 6.02. The van der Waals surface area contributed by atoms with Crippen molar-refractivity contribution in [3.63, 3.8) is 0 Å². The van der Waals surface area contributed by atoms with E-state index in [-0.39, 0.29) is 0 Å². The van der Waals surface area contributed by atoms with E-state index in [4.69, 9.17) is 0 Å². The van der Waals surface area contributed by atoms with Crippen molar-refractivity contribution in [3.05, 3.63) is 30.3 Å². The van der Waals surface area contributed by atoms with Crippen LogP contribution in [0.15, 0.2) is 30.3 Å². The number of carbonyl (C=O) groups excluding carboxylic acids is 3. The Kier molecular flexibility index (Phi) is 2.96. The van der Waals surface area contributed by atoms with Gasteiger partial charge in [-0.1, -0.05) is 39.0 Å². The van der Waals surface area contributed by atoms with Crippen molar-refractivity contribution in [1.82, 2.24) is 5.43 Å². The fourth-order valence-electron chi connectivity index (χ4n) is 4.03. The number of ketones is 2. The van der Waals surface area contributed by atoms with Crippen LogP contribution in [0.5, 0.6) is 0 Å². The van der Waals surface area contributed by atoms with Gasteiger partial charge in [-0.2, -0.15) is 0 Å². The SMILES string of the molecule is CC1(C)[C@@]2(C(=O)NNc3ccccc3)CC[C@]1(C)C(=O)C2=O. The number of anilines is 1. The molecule has 116 valence electrons. The molecule has 2 aliphatic rings. The fourth-order valence-corrected chi connectivity index (χ4v) is 4.03. The molecule has 1 amide bonds. The molecule has 2 aliphatic carbocycles. The molecule has 2 saturated carbocycles. The van der Waals surface area contributed by atoms with Crippen LogP contribution in [0.1, 0.15) is 33.6 Å². The van der Waals surface area contributed by atoms with Crippen LogP contribution < -0.4 is 10.9 Å². The molecule has 22 heavy (non-hydrogen) atoms. The molecule has 0 spiro atoms. The summed E-state index contributed by atoms with van der Waals surface area (Å²) in [5, 5.41) is 0. The number of carbonyl (C=O) groups is 3. The molecule has 0 saturated heterocycles. The molecule has 0 aromatic heterocycles. The molecule has 0 heterocycles. The van der Waals surface area contributed by atoms with Crippen LogP contribution in [0.3, 0.4) is 0 Å². The summed E-state index contributed by atoms with van der Waals surface area (Å²) in [6.07, 6.45) is 0.993. The topological polar surface area (TPSA) is 75.3 Å². The zero-order chi connectivity index (χ0) is 16.2. The van der Waals surface area contributed by atoms with E-state index in [1.54, 1.807) is 6.92 Å². The lowest BCUT2D eigenvalue weighted by Crippen LogP contribution is -2.52. The molecule has 2 N–H and O–H groups in total. The zero-order valence-electron chi connectivity index (χ0n) is 13.0. The van der Waals surface area contributed by atoms with Crippen LogP contribution in [0.4, 0.5) is 5.69 Å². The molecule has 2 bridgehead atoms. The largest absolute Gasteiger partial charge is 0.299 e. The summed E-state index contributed by atoms with van der Waals surface area (Å²) in [5.74, 6) is -1.36. The fraction of sp³-hybridized carbons (Fsp3) is 0.471. The van der Waals surface area contributed by atoms with Crippen LogP contribution in [-0.4, -0.2) is 17.5 Å². The second kappa shape index (κ2) is 4.41. The van der Waals surface area contributed by atoms with Crippen LogP contribution in [0, 0.1) is 16.2 Å². The molecule has 3 rings (SSSR count). The van der Waals surface area contributed by atoms with E-state index in [1.165, 1.54) is 0 Å². The van der Waals surface area contributed by atoms with E-state index in [0.717, 1.165) is 5.69 Å². The molecular weight excluding hydrogens is 280 g/mol. The number of Topliss-reactive ketones (excluding diaryl/α,β-unsaturated/α-hetero) is 2. The van der Waals surface area contributed by atoms with Crippen molar-refractivity contribution in [2.45, 2.75) is 33.6 Å². The van der Waals surface area contributed by atoms with Gasteiger partial charge in [0, 0.05) is 5.41 Å². The summed E-state index contributed by atoms with van der Waals surface area (Å²) in [6, 6.07) is 9.17. The van der Waals surface area contributed by atoms with Crippen molar-refractivity contribution in [2.75, 3.05) is 5.43 Å². The van der Waals surface area contributed by atoms with Crippen molar-refractivity contribution in [1.29, 1.82) is 0 Å². The van der Waals surface area contributed by atoms with E-state index in [1.807, 2.05) is 44.2 Å². The van der Waals surface area contributed by atoms with E-state index < -0.39 is 33.7 Å². The number of nitrogens with one attached hydrogen (secondary N) is 2. The lowest BCUT2D eigenvalue weighted by molar-refractivity contribution is -0.149. The average molecular weight is 300 g/mol. The number of rotatable bonds is 3. The van der Waals surface area contributed by atoms with Gasteiger partial charge in [0.2, 0.25) is 11.6 Å². The second-order valence-corrected chi connectivity index (χ2v) is 6.97. The molecular formula is C17H20N2O3. The third kappa shape index (κ3) is 1.51. The van der Waals surface area contributed by atoms with Crippen molar-refractivity contribution in [3.8, 4) is 0 Å². The Morgan fingerprint density at radius 1 is 1.00 bits per heavy atom. The summed E-state index contributed by atoms with van der Waals surface area (Å²) in [5.41, 5.74) is 3.48. The standard InChI is InChI=1S/C17H20N2O3/c1-15(2)16(3)9-10-17(15,13(21)12(16)20)14(22)19-18-11-7-5-4-6-8-11/h4-8,18H,9-10H2,1-3H3,(H,19,22)/t16-,17+/m1/s1. The number of benzene rings is 1. The summed E-state index contributed by atoms with van der Waals surface area (Å²) >= 11 is 0. The van der Waals surface area contributed by atoms with E-state index in [9.17, 15) is 14.4 Å². The molecule has 0 unspecified atom stereocenters. The third-order valence-electron chi connectivity index (χ3n) is 6.02. The summed E-state index contributed by atoms with van der Waals surface area (Å²) in [4.78, 5) is 37.6. The second-order valence-electron chi connectivity index (χ2n) is 6.97. The molecule has 1 aromatic rings. The van der Waals surface area contributed by atoms with Crippen molar-refractivity contribution < 1.29 is 14.4 Å². The summed E-state index contributed by atoms with van der Waals surface area (Å²) < 4.78 is 0. The highest BCUT2D eigenvalue weighted by atomic mass is 16.2. The molecule has 1 aromatic carbocycles. The number of hydrogen-bond acceptors (Lipinski definition) is 4. The zero-order valence-corrected chi connectivity index (χ0v) is 13.0. The summed E-state index contributed by atoms with van der Waals surface area (Å²) in [6.45, 7) is 5.51. The van der Waals surface area contributed by atoms with Crippen LogP contribution in [0.2, 0.25) is 0 Å². The smallest absolute Gasteiger partial charge is 0.253 e. The van der Waals surface area contributed by atoms with Gasteiger partial charge in [-0.15, -0.1) is 0 Å². The maximum absolute atomic E-state index is 12.8. The normalized spacial score (nSPS) is 32.1. The molecule has 2 fully saturated rings. The van der Waals surface area contributed by atoms with E-state index >= 15 is 0 Å². The Hall–Kier alpha value is -2.17. The predicted molar refractivity (Wildman–Crippen MR) is 81.8 cm³/mol. The predicted octanol–water partition coefficient (Wildman–Crippen LogP) is 2.09. The Labute approximate surface area is 129 Å². The van der Waals surface area contributed by atoms with Gasteiger partial charge >= 0.3 is 0 Å². The molecule has 0 aliphatic heterocycles. The highest BCUT2D eigenvalue weighted by Crippen LogP contribution is 2.68. The molecule has 2 atom stereocenters. The quantitative estimate of drug-likeness (QED) is 0.509. The first-order valence-corrected chi connectivity index (χ1v) is 7.48. The molecule has 5 heteroatoms. The Balaban J connectivity index is 1.88. The highest BCUT2D eigenvalue weighted by Gasteiger charge is 2.77. The number of hydrogen-bond donors (Lipinski definition) is 2. The first-order chi connectivity index (χ1) is 10.3. The molecule has 5 nitrogen and oxygen atoms in total. The van der Waals surface area contributed by atoms with E-state index in [2.05, 4.69) is 10.9 Å². The van der Waals surface area contributed by atoms with Crippen LogP contribution in [0.25, 0.3) is 0 Å². The van der Waals surface area contributed by atoms with Gasteiger partial charge < -0.3 is 0 Å². The lowest BCUT2D eigenvalue weighted by Gasteiger charge is -2.37. The van der Waals surface area contributed by atoms with Gasteiger partial charge in [0.25, 0.3) is 5.91 Å². The number of para-hydroxylation sites is 1. The van der Waals surface area contributed by atoms with Crippen molar-refractivity contribution in [2.24, 2.45) is 16.2 Å². The van der Waals surface area contributed by atoms with Gasteiger partial charge in [-0.25, -0.2) is 0 Å². The van der Waals surface area contributed by atoms with Gasteiger partial charge in [-0.05, 0) is 30.4 Å². The van der Waals surface area contributed by atoms with E-state index in [0.29, 0.717) is 12.8 Å². The minimum Gasteiger partial charge on any atom is -0.299 e. The van der Waals surface area contributed by atoms with Gasteiger partial charge in [0.05, 0.1) is 5.69 Å². The first-order valence-electron chi connectivity index (χ1n) is 7.48. The monoisotopic (exact) mass is 300 g/mol. The maximum atomic E-state index is 12.8. The Morgan fingerprint density at radius 2 is 1.64 bits per heavy atom. The van der Waals surface area contributed by atoms with Gasteiger partial charge in [0.1, 0.15) is 5.41 Å². The maximum Gasteiger partial charge on any atom is 0.253 e. The number of hydrazine groups is 1. The first kappa shape index (κ1) is 14.8. The average Bonchev–Trinajstić information content (AvgIpc) is 2.78.